The Morgan fingerprint density at radius 3 is 2.11 bits per heavy atom. The van der Waals surface area contributed by atoms with Gasteiger partial charge in [-0.3, -0.25) is 9.59 Å². The van der Waals surface area contributed by atoms with E-state index < -0.39 is 18.4 Å². The molecule has 2 aliphatic rings. The molecule has 1 heterocycles. The summed E-state index contributed by atoms with van der Waals surface area (Å²) in [5.74, 6) is -0.158. The third-order valence-corrected chi connectivity index (χ3v) is 3.91. The van der Waals surface area contributed by atoms with Gasteiger partial charge in [0.2, 0.25) is 6.29 Å². The van der Waals surface area contributed by atoms with Gasteiger partial charge in [-0.25, -0.2) is 0 Å². The van der Waals surface area contributed by atoms with Gasteiger partial charge in [-0.15, -0.1) is 0 Å². The van der Waals surface area contributed by atoms with E-state index in [2.05, 4.69) is 6.92 Å². The summed E-state index contributed by atoms with van der Waals surface area (Å²) < 4.78 is 16.3. The summed E-state index contributed by atoms with van der Waals surface area (Å²) in [6.07, 6.45) is 0.570. The molecule has 0 aromatic heterocycles. The highest BCUT2D eigenvalue weighted by atomic mass is 16.7. The monoisotopic (exact) mass is 256 g/mol. The number of carbonyl (C=O) groups excluding carboxylic acids is 2. The predicted octanol–water partition coefficient (Wildman–Crippen LogP) is 1.64. The Kier molecular flexibility index (Phi) is 3.36. The molecule has 5 nitrogen and oxygen atoms in total. The Bertz CT molecular complexity index is 358. The molecule has 1 aliphatic carbocycles. The largest absolute Gasteiger partial charge is 0.455 e. The number of esters is 2. The second-order valence-electron chi connectivity index (χ2n) is 5.54. The molecule has 0 amide bonds. The SMILES string of the molecule is CC(=O)O[C@H]1OC2(CC(C)C2)[C@@H](C)[C@H]1OC(C)=O. The van der Waals surface area contributed by atoms with Crippen LogP contribution in [0.25, 0.3) is 0 Å². The first-order chi connectivity index (χ1) is 8.34. The lowest BCUT2D eigenvalue weighted by Gasteiger charge is -2.45. The maximum atomic E-state index is 11.1. The predicted molar refractivity (Wildman–Crippen MR) is 62.5 cm³/mol. The summed E-state index contributed by atoms with van der Waals surface area (Å²) >= 11 is 0. The van der Waals surface area contributed by atoms with Gasteiger partial charge in [-0.05, 0) is 18.8 Å². The molecular weight excluding hydrogens is 236 g/mol. The third kappa shape index (κ3) is 2.23. The maximum absolute atomic E-state index is 11.1. The van der Waals surface area contributed by atoms with Crippen LogP contribution in [0, 0.1) is 11.8 Å². The van der Waals surface area contributed by atoms with Crippen molar-refractivity contribution in [2.45, 2.75) is 58.5 Å². The van der Waals surface area contributed by atoms with Crippen molar-refractivity contribution in [3.05, 3.63) is 0 Å². The van der Waals surface area contributed by atoms with E-state index >= 15 is 0 Å². The Labute approximate surface area is 107 Å². The van der Waals surface area contributed by atoms with E-state index in [0.717, 1.165) is 12.8 Å². The van der Waals surface area contributed by atoms with Crippen molar-refractivity contribution >= 4 is 11.9 Å². The van der Waals surface area contributed by atoms with Gasteiger partial charge in [-0.2, -0.15) is 0 Å². The molecule has 3 atom stereocenters. The van der Waals surface area contributed by atoms with E-state index in [1.54, 1.807) is 0 Å². The van der Waals surface area contributed by atoms with Crippen molar-refractivity contribution in [2.75, 3.05) is 0 Å². The molecule has 2 rings (SSSR count). The highest BCUT2D eigenvalue weighted by Gasteiger charge is 2.60. The van der Waals surface area contributed by atoms with Crippen molar-refractivity contribution in [2.24, 2.45) is 11.8 Å². The maximum Gasteiger partial charge on any atom is 0.305 e. The number of ether oxygens (including phenoxy) is 3. The van der Waals surface area contributed by atoms with E-state index in [9.17, 15) is 9.59 Å². The third-order valence-electron chi connectivity index (χ3n) is 3.91. The summed E-state index contributed by atoms with van der Waals surface area (Å²) in [5, 5.41) is 0. The minimum Gasteiger partial charge on any atom is -0.455 e. The number of hydrogen-bond donors (Lipinski definition) is 0. The van der Waals surface area contributed by atoms with Crippen LogP contribution in [0.5, 0.6) is 0 Å². The molecule has 0 aromatic carbocycles. The molecule has 1 saturated heterocycles. The van der Waals surface area contributed by atoms with Crippen LogP contribution in [0.15, 0.2) is 0 Å². The lowest BCUT2D eigenvalue weighted by atomic mass is 9.65. The molecule has 0 aromatic rings. The molecule has 0 bridgehead atoms. The first kappa shape index (κ1) is 13.3. The van der Waals surface area contributed by atoms with Crippen LogP contribution in [-0.4, -0.2) is 29.9 Å². The molecule has 5 heteroatoms. The van der Waals surface area contributed by atoms with Crippen LogP contribution in [-0.2, 0) is 23.8 Å². The fraction of sp³-hybridized carbons (Fsp3) is 0.846. The molecule has 102 valence electrons. The van der Waals surface area contributed by atoms with Crippen LogP contribution in [0.4, 0.5) is 0 Å². The van der Waals surface area contributed by atoms with Crippen molar-refractivity contribution in [1.29, 1.82) is 0 Å². The van der Waals surface area contributed by atoms with Crippen molar-refractivity contribution in [3.63, 3.8) is 0 Å². The molecular formula is C13H20O5. The zero-order valence-electron chi connectivity index (χ0n) is 11.3. The van der Waals surface area contributed by atoms with Gasteiger partial charge in [0, 0.05) is 19.8 Å². The highest BCUT2D eigenvalue weighted by molar-refractivity contribution is 5.67. The lowest BCUT2D eigenvalue weighted by molar-refractivity contribution is -0.219. The van der Waals surface area contributed by atoms with E-state index in [4.69, 9.17) is 14.2 Å². The molecule has 0 unspecified atom stereocenters. The van der Waals surface area contributed by atoms with Gasteiger partial charge in [-0.1, -0.05) is 13.8 Å². The number of rotatable bonds is 2. The lowest BCUT2D eigenvalue weighted by Crippen LogP contribution is -2.48. The summed E-state index contributed by atoms with van der Waals surface area (Å²) in [6.45, 7) is 6.82. The van der Waals surface area contributed by atoms with Gasteiger partial charge < -0.3 is 14.2 Å². The van der Waals surface area contributed by atoms with E-state index in [1.807, 2.05) is 6.92 Å². The van der Waals surface area contributed by atoms with Gasteiger partial charge in [0.25, 0.3) is 0 Å². The fourth-order valence-corrected chi connectivity index (χ4v) is 3.13. The van der Waals surface area contributed by atoms with Crippen molar-refractivity contribution in [3.8, 4) is 0 Å². The second-order valence-corrected chi connectivity index (χ2v) is 5.54. The summed E-state index contributed by atoms with van der Waals surface area (Å²) in [6, 6.07) is 0. The first-order valence-corrected chi connectivity index (χ1v) is 6.36. The van der Waals surface area contributed by atoms with Crippen LogP contribution in [0.3, 0.4) is 0 Å². The molecule has 18 heavy (non-hydrogen) atoms. The van der Waals surface area contributed by atoms with Gasteiger partial charge >= 0.3 is 11.9 Å². The van der Waals surface area contributed by atoms with E-state index in [-0.39, 0.29) is 17.5 Å². The molecule has 1 saturated carbocycles. The zero-order valence-corrected chi connectivity index (χ0v) is 11.3. The fourth-order valence-electron chi connectivity index (χ4n) is 3.13. The average molecular weight is 256 g/mol. The van der Waals surface area contributed by atoms with Gasteiger partial charge in [0.1, 0.15) is 0 Å². The van der Waals surface area contributed by atoms with Crippen LogP contribution in [0.2, 0.25) is 0 Å². The van der Waals surface area contributed by atoms with Gasteiger partial charge in [0.15, 0.2) is 6.10 Å². The quantitative estimate of drug-likeness (QED) is 0.703. The number of carbonyl (C=O) groups is 2. The molecule has 1 aliphatic heterocycles. The van der Waals surface area contributed by atoms with Crippen LogP contribution in [0.1, 0.15) is 40.5 Å². The summed E-state index contributed by atoms with van der Waals surface area (Å²) in [7, 11) is 0. The molecule has 0 radical (unpaired) electrons. The first-order valence-electron chi connectivity index (χ1n) is 6.36. The summed E-state index contributed by atoms with van der Waals surface area (Å²) in [5.41, 5.74) is -0.292. The molecule has 2 fully saturated rings. The van der Waals surface area contributed by atoms with Crippen LogP contribution >= 0.6 is 0 Å². The van der Waals surface area contributed by atoms with Crippen molar-refractivity contribution < 1.29 is 23.8 Å². The van der Waals surface area contributed by atoms with E-state index in [0.29, 0.717) is 5.92 Å². The Morgan fingerprint density at radius 2 is 1.67 bits per heavy atom. The average Bonchev–Trinajstić information content (AvgIpc) is 2.42. The second kappa shape index (κ2) is 4.53. The standard InChI is InChI=1S/C13H20O5/c1-7-5-13(6-7)8(2)11(16-9(3)14)12(18-13)17-10(4)15/h7-8,11-12H,5-6H2,1-4H3/t7?,8-,11+,12-,13?/m0/s1. The smallest absolute Gasteiger partial charge is 0.305 e. The normalized spacial score (nSPS) is 42.4. The minimum absolute atomic E-state index is 0.0435. The Hall–Kier alpha value is -1.10. The molecule has 0 N–H and O–H groups in total. The Morgan fingerprint density at radius 1 is 1.11 bits per heavy atom. The van der Waals surface area contributed by atoms with Crippen LogP contribution < -0.4 is 0 Å². The summed E-state index contributed by atoms with van der Waals surface area (Å²) in [4.78, 5) is 22.2. The molecule has 1 spiro atoms. The minimum atomic E-state index is -0.770. The number of hydrogen-bond acceptors (Lipinski definition) is 5. The van der Waals surface area contributed by atoms with Gasteiger partial charge in [0.05, 0.1) is 5.60 Å². The zero-order chi connectivity index (χ0) is 13.5. The highest BCUT2D eigenvalue weighted by Crippen LogP contribution is 2.53. The topological polar surface area (TPSA) is 61.8 Å². The Balaban J connectivity index is 2.12. The van der Waals surface area contributed by atoms with Crippen molar-refractivity contribution in [1.82, 2.24) is 0 Å². The van der Waals surface area contributed by atoms with E-state index in [1.165, 1.54) is 13.8 Å².